The van der Waals surface area contributed by atoms with Crippen molar-refractivity contribution in [2.75, 3.05) is 40.3 Å². The maximum absolute atomic E-state index is 12.4. The van der Waals surface area contributed by atoms with E-state index in [0.29, 0.717) is 13.1 Å². The van der Waals surface area contributed by atoms with Gasteiger partial charge in [0.15, 0.2) is 0 Å². The second kappa shape index (κ2) is 8.51. The molecule has 3 aliphatic rings. The largest absolute Gasteiger partial charge is 0.535 e. The summed E-state index contributed by atoms with van der Waals surface area (Å²) in [6.45, 7) is 2.64. The Morgan fingerprint density at radius 1 is 1.36 bits per heavy atom. The summed E-state index contributed by atoms with van der Waals surface area (Å²) in [6, 6.07) is 3.45. The number of benzene rings is 1. The van der Waals surface area contributed by atoms with Crippen LogP contribution < -0.4 is 20.4 Å². The van der Waals surface area contributed by atoms with Gasteiger partial charge in [0.2, 0.25) is 11.8 Å². The first-order valence-electron chi connectivity index (χ1n) is 10.9. The first-order valence-corrected chi connectivity index (χ1v) is 10.9. The number of ether oxygens (including phenoxy) is 1. The molecular weight excluding hydrogens is 431 g/mol. The molecule has 1 aromatic carbocycles. The second-order valence-electron chi connectivity index (χ2n) is 9.50. The normalized spacial score (nSPS) is 23.2. The number of hydrogen-bond donors (Lipinski definition) is 4. The van der Waals surface area contributed by atoms with Crippen molar-refractivity contribution >= 4 is 24.9 Å². The van der Waals surface area contributed by atoms with E-state index in [9.17, 15) is 24.5 Å². The number of likely N-dealkylation sites (N-methyl/N-ethyl adjacent to an activating group) is 1. The molecule has 0 bridgehead atoms. The van der Waals surface area contributed by atoms with Gasteiger partial charge in [0, 0.05) is 39.5 Å². The molecule has 3 atom stereocenters. The molecule has 1 unspecified atom stereocenters. The van der Waals surface area contributed by atoms with E-state index in [-0.39, 0.29) is 53.9 Å². The summed E-state index contributed by atoms with van der Waals surface area (Å²) in [5.74, 6) is -1.33. The predicted octanol–water partition coefficient (Wildman–Crippen LogP) is -0.900. The third-order valence-electron chi connectivity index (χ3n) is 6.39. The number of likely N-dealkylation sites (tertiary alicyclic amines) is 1. The van der Waals surface area contributed by atoms with Crippen LogP contribution in [-0.2, 0) is 9.59 Å². The quantitative estimate of drug-likeness (QED) is 0.361. The van der Waals surface area contributed by atoms with Gasteiger partial charge in [-0.1, -0.05) is 6.07 Å². The van der Waals surface area contributed by atoms with Gasteiger partial charge in [-0.15, -0.1) is 0 Å². The van der Waals surface area contributed by atoms with E-state index < -0.39 is 24.5 Å². The minimum Gasteiger partial charge on any atom is -0.535 e. The summed E-state index contributed by atoms with van der Waals surface area (Å²) < 4.78 is 11.4. The lowest BCUT2D eigenvalue weighted by Crippen LogP contribution is -2.64. The van der Waals surface area contributed by atoms with Gasteiger partial charge in [0.1, 0.15) is 28.7 Å². The van der Waals surface area contributed by atoms with E-state index >= 15 is 0 Å². The summed E-state index contributed by atoms with van der Waals surface area (Å²) in [6.07, 6.45) is 0.497. The fourth-order valence-electron chi connectivity index (χ4n) is 4.35. The van der Waals surface area contributed by atoms with Crippen molar-refractivity contribution in [1.29, 1.82) is 0 Å². The molecule has 12 heteroatoms. The number of nitrogens with zero attached hydrogens (tertiary/aromatic N) is 2. The van der Waals surface area contributed by atoms with Gasteiger partial charge in [-0.25, -0.2) is 4.79 Å². The van der Waals surface area contributed by atoms with Crippen LogP contribution in [-0.4, -0.2) is 96.7 Å². The molecule has 1 aromatic rings. The van der Waals surface area contributed by atoms with Crippen molar-refractivity contribution < 1.29 is 33.9 Å². The minimum absolute atomic E-state index is 0.0230. The van der Waals surface area contributed by atoms with Crippen LogP contribution in [0.25, 0.3) is 0 Å². The van der Waals surface area contributed by atoms with E-state index in [1.54, 1.807) is 33.2 Å². The Bertz CT molecular complexity index is 980. The summed E-state index contributed by atoms with van der Waals surface area (Å²) in [5.41, 5.74) is 5.67. The summed E-state index contributed by atoms with van der Waals surface area (Å²) in [7, 11) is 2.20. The molecule has 5 N–H and O–H groups in total. The molecule has 11 nitrogen and oxygen atoms in total. The van der Waals surface area contributed by atoms with Crippen LogP contribution in [0.2, 0.25) is 5.82 Å². The summed E-state index contributed by atoms with van der Waals surface area (Å²) in [4.78, 5) is 39.3. The van der Waals surface area contributed by atoms with Crippen molar-refractivity contribution in [1.82, 2.24) is 15.1 Å². The molecule has 2 fully saturated rings. The third kappa shape index (κ3) is 4.64. The Morgan fingerprint density at radius 2 is 2.06 bits per heavy atom. The molecule has 1 saturated heterocycles. The fourth-order valence-corrected chi connectivity index (χ4v) is 4.35. The monoisotopic (exact) mass is 460 g/mol. The molecule has 178 valence electrons. The standard InChI is InChI=1S/C21H29BN4O7/c1-21(23,20(30)24-7-16(27)25(2)3)10-26-8-11(9-26)32-15-5-4-12-13-6-14(13)22(31)33-18(12)17(15)19(28)29/h4-5,11,13-14,31H,6-10,23H2,1-3H3,(H,24,30)(H,28,29)/t13-,14-,21?/m0/s1. The van der Waals surface area contributed by atoms with Gasteiger partial charge in [-0.3, -0.25) is 14.5 Å². The number of nitrogens with one attached hydrogen (secondary N) is 1. The van der Waals surface area contributed by atoms with E-state index in [4.69, 9.17) is 15.1 Å². The van der Waals surface area contributed by atoms with Gasteiger partial charge >= 0.3 is 13.1 Å². The van der Waals surface area contributed by atoms with E-state index in [0.717, 1.165) is 12.0 Å². The van der Waals surface area contributed by atoms with Crippen molar-refractivity contribution in [3.05, 3.63) is 23.3 Å². The lowest BCUT2D eigenvalue weighted by Gasteiger charge is -2.42. The van der Waals surface area contributed by atoms with Gasteiger partial charge in [-0.2, -0.15) is 0 Å². The number of aromatic carboxylic acids is 1. The molecule has 1 saturated carbocycles. The van der Waals surface area contributed by atoms with E-state index in [2.05, 4.69) is 5.32 Å². The third-order valence-corrected chi connectivity index (χ3v) is 6.39. The predicted molar refractivity (Wildman–Crippen MR) is 118 cm³/mol. The number of fused-ring (bicyclic) bond motifs is 3. The Labute approximate surface area is 191 Å². The van der Waals surface area contributed by atoms with Crippen molar-refractivity contribution in [2.24, 2.45) is 5.73 Å². The van der Waals surface area contributed by atoms with Gasteiger partial charge in [-0.05, 0) is 30.9 Å². The number of carbonyl (C=O) groups is 3. The smallest absolute Gasteiger partial charge is 0.526 e. The topological polar surface area (TPSA) is 155 Å². The van der Waals surface area contributed by atoms with Gasteiger partial charge in [0.25, 0.3) is 0 Å². The maximum atomic E-state index is 12.4. The minimum atomic E-state index is -1.21. The van der Waals surface area contributed by atoms with Gasteiger partial charge < -0.3 is 35.5 Å². The highest BCUT2D eigenvalue weighted by atomic mass is 16.5. The zero-order valence-corrected chi connectivity index (χ0v) is 18.9. The molecule has 4 rings (SSSR count). The van der Waals surface area contributed by atoms with E-state index in [1.165, 1.54) is 4.90 Å². The van der Waals surface area contributed by atoms with Crippen molar-refractivity contribution in [2.45, 2.75) is 36.7 Å². The molecule has 0 radical (unpaired) electrons. The Kier molecular flexibility index (Phi) is 6.02. The SMILES string of the molecule is CN(C)C(=O)CNC(=O)C(C)(N)CN1CC(Oc2ccc3c(c2C(=O)O)OB(O)[C@H]2C[C@@H]32)C1. The first kappa shape index (κ1) is 23.3. The molecule has 1 aliphatic carbocycles. The van der Waals surface area contributed by atoms with Crippen LogP contribution in [0.4, 0.5) is 0 Å². The molecule has 2 amide bonds. The number of carboxylic acid groups (broad SMARTS) is 1. The number of hydrogen-bond acceptors (Lipinski definition) is 8. The van der Waals surface area contributed by atoms with Crippen molar-refractivity contribution in [3.8, 4) is 11.5 Å². The highest BCUT2D eigenvalue weighted by Crippen LogP contribution is 2.60. The number of amides is 2. The molecule has 0 spiro atoms. The molecular formula is C21H29BN4O7. The molecule has 33 heavy (non-hydrogen) atoms. The fraction of sp³-hybridized carbons (Fsp3) is 0.571. The molecule has 2 aliphatic heterocycles. The van der Waals surface area contributed by atoms with Crippen LogP contribution in [0.3, 0.4) is 0 Å². The highest BCUT2D eigenvalue weighted by Gasteiger charge is 2.54. The number of carbonyl (C=O) groups excluding carboxylic acids is 2. The lowest BCUT2D eigenvalue weighted by molar-refractivity contribution is -0.133. The maximum Gasteiger partial charge on any atom is 0.526 e. The average Bonchev–Trinajstić information content (AvgIpc) is 3.51. The first-order chi connectivity index (χ1) is 15.5. The van der Waals surface area contributed by atoms with Crippen LogP contribution in [0.1, 0.15) is 35.2 Å². The van der Waals surface area contributed by atoms with Crippen LogP contribution >= 0.6 is 0 Å². The van der Waals surface area contributed by atoms with Gasteiger partial charge in [0.05, 0.1) is 6.54 Å². The molecule has 0 aromatic heterocycles. The highest BCUT2D eigenvalue weighted by molar-refractivity contribution is 6.48. The number of rotatable bonds is 8. The average molecular weight is 460 g/mol. The van der Waals surface area contributed by atoms with Crippen LogP contribution in [0.5, 0.6) is 11.5 Å². The van der Waals surface area contributed by atoms with Crippen molar-refractivity contribution in [3.63, 3.8) is 0 Å². The number of carboxylic acids is 1. The Hall–Kier alpha value is -2.83. The zero-order chi connectivity index (χ0) is 24.1. The van der Waals surface area contributed by atoms with E-state index in [1.807, 2.05) is 4.90 Å². The Balaban J connectivity index is 1.34. The summed E-state index contributed by atoms with van der Waals surface area (Å²) in [5, 5.41) is 22.4. The van der Waals surface area contributed by atoms with Crippen LogP contribution in [0, 0.1) is 0 Å². The van der Waals surface area contributed by atoms with Crippen LogP contribution in [0.15, 0.2) is 12.1 Å². The Morgan fingerprint density at radius 3 is 2.70 bits per heavy atom. The lowest BCUT2D eigenvalue weighted by atomic mass is 9.77. The molecule has 2 heterocycles. The summed E-state index contributed by atoms with van der Waals surface area (Å²) >= 11 is 0. The second-order valence-corrected chi connectivity index (χ2v) is 9.50. The number of nitrogens with two attached hydrogens (primary N) is 1. The zero-order valence-electron chi connectivity index (χ0n) is 18.9.